The number of para-hydroxylation sites is 1. The molecule has 180 valence electrons. The third-order valence-corrected chi connectivity index (χ3v) is 7.98. The Morgan fingerprint density at radius 2 is 1.81 bits per heavy atom. The van der Waals surface area contributed by atoms with Crippen LogP contribution in [0, 0.1) is 0 Å². The Labute approximate surface area is 209 Å². The summed E-state index contributed by atoms with van der Waals surface area (Å²) >= 11 is 0. The molecule has 1 aliphatic carbocycles. The summed E-state index contributed by atoms with van der Waals surface area (Å²) in [6.45, 7) is 0.295. The molecule has 0 unspecified atom stereocenters. The molecular formula is C28H20N6O3. The monoisotopic (exact) mass is 488 g/mol. The van der Waals surface area contributed by atoms with Crippen molar-refractivity contribution in [3.05, 3.63) is 93.7 Å². The first-order chi connectivity index (χ1) is 18.0. The smallest absolute Gasteiger partial charge is 0.323 e. The van der Waals surface area contributed by atoms with Crippen LogP contribution in [-0.4, -0.2) is 30.9 Å². The molecule has 2 N–H and O–H groups in total. The van der Waals surface area contributed by atoms with Crippen molar-refractivity contribution in [3.63, 3.8) is 0 Å². The van der Waals surface area contributed by atoms with Crippen molar-refractivity contribution in [3.8, 4) is 0 Å². The van der Waals surface area contributed by atoms with E-state index >= 15 is 0 Å². The van der Waals surface area contributed by atoms with E-state index in [1.54, 1.807) is 16.8 Å². The van der Waals surface area contributed by atoms with Crippen molar-refractivity contribution in [2.45, 2.75) is 31.3 Å². The second-order valence-corrected chi connectivity index (χ2v) is 10.1. The van der Waals surface area contributed by atoms with Crippen LogP contribution in [0.4, 0.5) is 11.5 Å². The number of anilines is 2. The number of nitrogens with zero attached hydrogens (tertiary/aromatic N) is 4. The number of nitrogens with one attached hydrogen (secondary N) is 2. The van der Waals surface area contributed by atoms with Crippen molar-refractivity contribution in [1.82, 2.24) is 19.1 Å². The van der Waals surface area contributed by atoms with E-state index in [4.69, 9.17) is 4.98 Å². The molecule has 3 aromatic heterocycles. The second kappa shape index (κ2) is 6.91. The standard InChI is InChI=1S/C28H20N6O3/c35-23-14-34-24-20(31-23)4-1-5-22(24)33(27(34)37)13-18-7-6-15-9-16-11-28(12-17(16)10-21(15)30-18)19-3-2-8-29-25(19)32-26(28)36/h1-10H,11-14H2,(H,31,35)(H,29,32,36)/t28-/m1/s1. The van der Waals surface area contributed by atoms with Gasteiger partial charge in [-0.05, 0) is 60.4 Å². The van der Waals surface area contributed by atoms with Crippen LogP contribution in [0.15, 0.2) is 65.6 Å². The van der Waals surface area contributed by atoms with Gasteiger partial charge in [-0.15, -0.1) is 0 Å². The molecule has 1 spiro atoms. The number of rotatable bonds is 2. The van der Waals surface area contributed by atoms with Crippen molar-refractivity contribution in [2.75, 3.05) is 10.6 Å². The highest BCUT2D eigenvalue weighted by Gasteiger charge is 2.51. The van der Waals surface area contributed by atoms with Gasteiger partial charge in [0.1, 0.15) is 12.4 Å². The van der Waals surface area contributed by atoms with E-state index in [-0.39, 0.29) is 24.0 Å². The van der Waals surface area contributed by atoms with Crippen LogP contribution in [0.5, 0.6) is 0 Å². The predicted molar refractivity (Wildman–Crippen MR) is 138 cm³/mol. The highest BCUT2D eigenvalue weighted by atomic mass is 16.2. The summed E-state index contributed by atoms with van der Waals surface area (Å²) in [5, 5.41) is 6.80. The molecule has 0 radical (unpaired) electrons. The minimum Gasteiger partial charge on any atom is -0.323 e. The number of fused-ring (bicyclic) bond motifs is 4. The third-order valence-electron chi connectivity index (χ3n) is 7.98. The number of hydrogen-bond donors (Lipinski definition) is 2. The molecular weight excluding hydrogens is 468 g/mol. The number of benzene rings is 2. The van der Waals surface area contributed by atoms with E-state index in [0.717, 1.165) is 44.3 Å². The zero-order valence-corrected chi connectivity index (χ0v) is 19.6. The molecule has 0 saturated carbocycles. The summed E-state index contributed by atoms with van der Waals surface area (Å²) in [6, 6.07) is 17.6. The SMILES string of the molecule is O=C1Cn2c(=O)n(Cc3ccc4cc5c(cc4n3)C[C@@]3(C5)C(=O)Nc4ncccc43)c3cccc(c32)N1. The van der Waals surface area contributed by atoms with Crippen LogP contribution >= 0.6 is 0 Å². The lowest BCUT2D eigenvalue weighted by atomic mass is 9.79. The van der Waals surface area contributed by atoms with Gasteiger partial charge in [-0.2, -0.15) is 0 Å². The van der Waals surface area contributed by atoms with Gasteiger partial charge in [0.2, 0.25) is 11.8 Å². The fraction of sp³-hybridized carbons (Fsp3) is 0.179. The molecule has 0 bridgehead atoms. The van der Waals surface area contributed by atoms with Crippen LogP contribution < -0.4 is 16.3 Å². The van der Waals surface area contributed by atoms with E-state index in [9.17, 15) is 14.4 Å². The van der Waals surface area contributed by atoms with E-state index in [1.807, 2.05) is 36.4 Å². The lowest BCUT2D eigenvalue weighted by Gasteiger charge is -2.20. The molecule has 37 heavy (non-hydrogen) atoms. The van der Waals surface area contributed by atoms with E-state index < -0.39 is 5.41 Å². The highest BCUT2D eigenvalue weighted by molar-refractivity contribution is 6.06. The Kier molecular flexibility index (Phi) is 3.81. The topological polar surface area (TPSA) is 111 Å². The third kappa shape index (κ3) is 2.71. The lowest BCUT2D eigenvalue weighted by Crippen LogP contribution is -2.35. The van der Waals surface area contributed by atoms with Gasteiger partial charge in [-0.1, -0.05) is 18.2 Å². The summed E-state index contributed by atoms with van der Waals surface area (Å²) in [6.07, 6.45) is 2.93. The molecule has 2 aliphatic heterocycles. The predicted octanol–water partition coefficient (Wildman–Crippen LogP) is 2.74. The van der Waals surface area contributed by atoms with E-state index in [2.05, 4.69) is 27.8 Å². The first-order valence-corrected chi connectivity index (χ1v) is 12.2. The maximum absolute atomic E-state index is 13.2. The maximum Gasteiger partial charge on any atom is 0.330 e. The van der Waals surface area contributed by atoms with Crippen molar-refractivity contribution >= 4 is 45.3 Å². The molecule has 2 aromatic carbocycles. The van der Waals surface area contributed by atoms with Gasteiger partial charge < -0.3 is 10.6 Å². The lowest BCUT2D eigenvalue weighted by molar-refractivity contribution is -0.120. The van der Waals surface area contributed by atoms with Gasteiger partial charge >= 0.3 is 5.69 Å². The molecule has 5 heterocycles. The Bertz CT molecular complexity index is 1920. The van der Waals surface area contributed by atoms with Crippen LogP contribution in [0.3, 0.4) is 0 Å². The summed E-state index contributed by atoms with van der Waals surface area (Å²) in [7, 11) is 0. The van der Waals surface area contributed by atoms with Gasteiger partial charge in [0, 0.05) is 17.1 Å². The zero-order valence-electron chi connectivity index (χ0n) is 19.6. The first-order valence-electron chi connectivity index (χ1n) is 12.2. The Morgan fingerprint density at radius 1 is 0.946 bits per heavy atom. The molecule has 5 aromatic rings. The zero-order chi connectivity index (χ0) is 24.9. The molecule has 9 heteroatoms. The molecule has 0 saturated heterocycles. The number of imidazole rings is 1. The van der Waals surface area contributed by atoms with Crippen LogP contribution in [0.25, 0.3) is 21.9 Å². The Hall–Kier alpha value is -4.79. The summed E-state index contributed by atoms with van der Waals surface area (Å²) in [5.41, 5.74) is 6.08. The minimum atomic E-state index is -0.628. The fourth-order valence-electron chi connectivity index (χ4n) is 6.30. The van der Waals surface area contributed by atoms with Crippen LogP contribution in [-0.2, 0) is 40.9 Å². The van der Waals surface area contributed by atoms with Gasteiger partial charge in [0.05, 0.1) is 39.9 Å². The van der Waals surface area contributed by atoms with Crippen molar-refractivity contribution in [2.24, 2.45) is 0 Å². The maximum atomic E-state index is 13.2. The van der Waals surface area contributed by atoms with Gasteiger partial charge in [-0.25, -0.2) is 9.78 Å². The molecule has 9 nitrogen and oxygen atoms in total. The molecule has 0 fully saturated rings. The van der Waals surface area contributed by atoms with E-state index in [0.29, 0.717) is 30.9 Å². The second-order valence-electron chi connectivity index (χ2n) is 10.1. The first kappa shape index (κ1) is 20.4. The van der Waals surface area contributed by atoms with Gasteiger partial charge in [0.25, 0.3) is 0 Å². The molecule has 1 atom stereocenters. The van der Waals surface area contributed by atoms with E-state index in [1.165, 1.54) is 4.57 Å². The molecule has 3 aliphatic rings. The van der Waals surface area contributed by atoms with Crippen LogP contribution in [0.1, 0.15) is 22.4 Å². The normalized spacial score (nSPS) is 19.4. The molecule has 8 rings (SSSR count). The van der Waals surface area contributed by atoms with Crippen molar-refractivity contribution < 1.29 is 9.59 Å². The number of carbonyl (C=O) groups is 2. The number of pyridine rings is 2. The van der Waals surface area contributed by atoms with Crippen LogP contribution in [0.2, 0.25) is 0 Å². The largest absolute Gasteiger partial charge is 0.330 e. The van der Waals surface area contributed by atoms with Gasteiger partial charge in [-0.3, -0.25) is 23.7 Å². The average Bonchev–Trinajstić information content (AvgIpc) is 3.49. The fourth-order valence-corrected chi connectivity index (χ4v) is 6.30. The van der Waals surface area contributed by atoms with Gasteiger partial charge in [0.15, 0.2) is 0 Å². The number of hydrogen-bond acceptors (Lipinski definition) is 5. The number of amides is 2. The summed E-state index contributed by atoms with van der Waals surface area (Å²) < 4.78 is 3.19. The quantitative estimate of drug-likeness (QED) is 0.397. The number of aromatic nitrogens is 4. The minimum absolute atomic E-state index is 0.00410. The van der Waals surface area contributed by atoms with Crippen molar-refractivity contribution in [1.29, 1.82) is 0 Å². The summed E-state index contributed by atoms with van der Waals surface area (Å²) in [4.78, 5) is 47.6. The Morgan fingerprint density at radius 3 is 2.70 bits per heavy atom. The summed E-state index contributed by atoms with van der Waals surface area (Å²) in [5.74, 6) is 0.444. The highest BCUT2D eigenvalue weighted by Crippen LogP contribution is 2.47. The Balaban J connectivity index is 1.19. The number of carbonyl (C=O) groups excluding carboxylic acids is 2. The average molecular weight is 489 g/mol. The molecule has 2 amide bonds.